The molecule has 1 fully saturated rings. The second kappa shape index (κ2) is 26.4. The number of aromatic nitrogens is 4. The third kappa shape index (κ3) is 14.2. The predicted molar refractivity (Wildman–Crippen MR) is 237 cm³/mol. The van der Waals surface area contributed by atoms with Gasteiger partial charge in [-0.05, 0) is 55.2 Å². The van der Waals surface area contributed by atoms with Crippen molar-refractivity contribution in [2.75, 3.05) is 86.2 Å². The highest BCUT2D eigenvalue weighted by atomic mass is 16.6. The number of methoxy groups -OCH3 is 1. The number of aliphatic hydroxyl groups excluding tert-OH is 1. The number of aliphatic hydroxyl groups is 1. The van der Waals surface area contributed by atoms with E-state index in [4.69, 9.17) is 30.1 Å². The topological polar surface area (TPSA) is 220 Å². The van der Waals surface area contributed by atoms with Crippen LogP contribution in [-0.4, -0.2) is 139 Å². The molecule has 0 bridgehead atoms. The number of hydrogen-bond donors (Lipinski definition) is 3. The van der Waals surface area contributed by atoms with Gasteiger partial charge in [-0.25, -0.2) is 9.67 Å². The van der Waals surface area contributed by atoms with Gasteiger partial charge in [0.2, 0.25) is 5.91 Å². The molecular weight excluding hydrogens is 823 g/mol. The highest BCUT2D eigenvalue weighted by Crippen LogP contribution is 2.33. The molecule has 17 heteroatoms. The minimum atomic E-state index is -0.713. The van der Waals surface area contributed by atoms with Gasteiger partial charge in [0.1, 0.15) is 18.1 Å². The number of aromatic amines is 1. The lowest BCUT2D eigenvalue weighted by Crippen LogP contribution is -2.40. The lowest BCUT2D eigenvalue weighted by Gasteiger charge is -2.28. The summed E-state index contributed by atoms with van der Waals surface area (Å²) in [6.07, 6.45) is 13.6. The van der Waals surface area contributed by atoms with E-state index in [2.05, 4.69) is 32.4 Å². The van der Waals surface area contributed by atoms with Gasteiger partial charge in [0.05, 0.1) is 87.7 Å². The Morgan fingerprint density at radius 3 is 2.31 bits per heavy atom. The number of H-pyrrole nitrogens is 1. The number of terminal acetylenes is 1. The lowest BCUT2D eigenvalue weighted by atomic mass is 9.93. The number of ether oxygens (including phenoxy) is 5. The molecule has 1 aliphatic heterocycles. The van der Waals surface area contributed by atoms with Crippen molar-refractivity contribution in [1.82, 2.24) is 30.0 Å². The minimum Gasteiger partial charge on any atom is -0.494 e. The van der Waals surface area contributed by atoms with Crippen LogP contribution in [0, 0.1) is 29.6 Å². The maximum absolute atomic E-state index is 13.7. The van der Waals surface area contributed by atoms with E-state index in [1.165, 1.54) is 29.1 Å². The van der Waals surface area contributed by atoms with Crippen LogP contribution in [0.3, 0.4) is 0 Å². The minimum absolute atomic E-state index is 0.0688. The summed E-state index contributed by atoms with van der Waals surface area (Å²) in [5, 5.41) is 27.6. The van der Waals surface area contributed by atoms with Crippen molar-refractivity contribution in [3.8, 4) is 30.0 Å². The quantitative estimate of drug-likeness (QED) is 0.0236. The van der Waals surface area contributed by atoms with Crippen molar-refractivity contribution >= 4 is 39.9 Å². The van der Waals surface area contributed by atoms with Gasteiger partial charge in [-0.15, -0.1) is 6.42 Å². The first kappa shape index (κ1) is 48.8. The number of hydrogen-bond acceptors (Lipinski definition) is 13. The van der Waals surface area contributed by atoms with E-state index in [0.717, 1.165) is 24.0 Å². The highest BCUT2D eigenvalue weighted by molar-refractivity contribution is 6.45. The van der Waals surface area contributed by atoms with Crippen LogP contribution in [0.1, 0.15) is 77.8 Å². The van der Waals surface area contributed by atoms with Gasteiger partial charge in [-0.1, -0.05) is 42.7 Å². The Bertz CT molecular complexity index is 2260. The Morgan fingerprint density at radius 1 is 0.938 bits per heavy atom. The molecule has 0 unspecified atom stereocenters. The zero-order valence-electron chi connectivity index (χ0n) is 36.4. The molecule has 1 aliphatic rings. The number of piperidine rings is 1. The lowest BCUT2D eigenvalue weighted by molar-refractivity contribution is -0.127. The van der Waals surface area contributed by atoms with E-state index in [0.29, 0.717) is 107 Å². The first-order valence-corrected chi connectivity index (χ1v) is 21.6. The van der Waals surface area contributed by atoms with Gasteiger partial charge in [0.15, 0.2) is 11.6 Å². The number of Topliss-reactive ketones (excluding diaryl/α,β-unsaturated/α-hetero) is 2. The van der Waals surface area contributed by atoms with Crippen LogP contribution in [0.2, 0.25) is 0 Å². The first-order chi connectivity index (χ1) is 31.3. The molecule has 2 amide bonds. The molecule has 340 valence electrons. The number of nitriles is 1. The second-order valence-electron chi connectivity index (χ2n) is 15.0. The van der Waals surface area contributed by atoms with E-state index in [-0.39, 0.29) is 67.3 Å². The smallest absolute Gasteiger partial charge is 0.295 e. The van der Waals surface area contributed by atoms with Gasteiger partial charge >= 0.3 is 0 Å². The van der Waals surface area contributed by atoms with E-state index in [1.807, 2.05) is 30.3 Å². The first-order valence-electron chi connectivity index (χ1n) is 21.6. The fourth-order valence-electron chi connectivity index (χ4n) is 7.26. The monoisotopic (exact) mass is 879 g/mol. The van der Waals surface area contributed by atoms with Gasteiger partial charge in [0, 0.05) is 51.5 Å². The number of fused-ring (bicyclic) bond motifs is 1. The summed E-state index contributed by atoms with van der Waals surface area (Å²) in [5.41, 5.74) is 3.11. The molecule has 0 radical (unpaired) electrons. The number of allylic oxidation sites excluding steroid dienone is 1. The van der Waals surface area contributed by atoms with E-state index in [9.17, 15) is 29.5 Å². The van der Waals surface area contributed by atoms with E-state index < -0.39 is 11.7 Å². The van der Waals surface area contributed by atoms with Crippen molar-refractivity contribution in [2.24, 2.45) is 5.92 Å². The number of pyridine rings is 1. The SMILES string of the molecule is C#CCOCCOCCOCCOCCC(=O)NCCCC[C@@H](CO)CCC(=O)c1ccn(-c2ncc(OC)c3c(C(=O)C(=O)N4CCC(=C(C#N)c5ccccc5)CC4)c[nH]c23)n1. The molecule has 0 spiro atoms. The Kier molecular flexibility index (Phi) is 20.2. The maximum atomic E-state index is 13.7. The van der Waals surface area contributed by atoms with Crippen molar-refractivity contribution in [3.05, 3.63) is 77.4 Å². The number of benzene rings is 1. The average molecular weight is 880 g/mol. The summed E-state index contributed by atoms with van der Waals surface area (Å²) >= 11 is 0. The number of nitrogens with one attached hydrogen (secondary N) is 2. The van der Waals surface area contributed by atoms with Crippen molar-refractivity contribution in [1.29, 1.82) is 5.26 Å². The number of carbonyl (C=O) groups excluding carboxylic acids is 4. The third-order valence-electron chi connectivity index (χ3n) is 10.8. The van der Waals surface area contributed by atoms with E-state index in [1.54, 1.807) is 12.3 Å². The molecule has 1 atom stereocenters. The summed E-state index contributed by atoms with van der Waals surface area (Å²) in [5.74, 6) is 1.20. The number of nitrogens with zero attached hydrogens (tertiary/aromatic N) is 5. The third-order valence-corrected chi connectivity index (χ3v) is 10.8. The number of likely N-dealkylation sites (tertiary alicyclic amines) is 1. The van der Waals surface area contributed by atoms with Crippen LogP contribution in [0.15, 0.2) is 60.6 Å². The molecule has 17 nitrogen and oxygen atoms in total. The van der Waals surface area contributed by atoms with Gasteiger partial charge in [-0.3, -0.25) is 19.2 Å². The number of rotatable bonds is 28. The molecular formula is C47H57N7O10. The molecule has 4 aromatic rings. The molecule has 64 heavy (non-hydrogen) atoms. The maximum Gasteiger partial charge on any atom is 0.295 e. The molecule has 0 saturated carbocycles. The number of carbonyl (C=O) groups is 4. The fraction of sp³-hybridized carbons (Fsp3) is 0.468. The molecule has 4 heterocycles. The zero-order valence-corrected chi connectivity index (χ0v) is 36.4. The normalized spacial score (nSPS) is 13.0. The van der Waals surface area contributed by atoms with Gasteiger partial charge in [-0.2, -0.15) is 10.4 Å². The van der Waals surface area contributed by atoms with Crippen LogP contribution < -0.4 is 10.1 Å². The van der Waals surface area contributed by atoms with Crippen molar-refractivity contribution in [3.63, 3.8) is 0 Å². The molecule has 1 aromatic carbocycles. The number of ketones is 2. The molecule has 1 saturated heterocycles. The molecule has 5 rings (SSSR count). The predicted octanol–water partition coefficient (Wildman–Crippen LogP) is 4.49. The Balaban J connectivity index is 1.03. The Labute approximate surface area is 373 Å². The van der Waals surface area contributed by atoms with Gasteiger partial charge < -0.3 is 44.0 Å². The molecule has 3 aromatic heterocycles. The summed E-state index contributed by atoms with van der Waals surface area (Å²) in [6, 6.07) is 13.3. The number of amides is 2. The second-order valence-corrected chi connectivity index (χ2v) is 15.0. The summed E-state index contributed by atoms with van der Waals surface area (Å²) in [4.78, 5) is 61.8. The summed E-state index contributed by atoms with van der Waals surface area (Å²) in [6.45, 7) is 4.13. The largest absolute Gasteiger partial charge is 0.494 e. The summed E-state index contributed by atoms with van der Waals surface area (Å²) in [7, 11) is 1.45. The highest BCUT2D eigenvalue weighted by Gasteiger charge is 2.30. The van der Waals surface area contributed by atoms with Crippen molar-refractivity contribution < 1.29 is 48.0 Å². The zero-order chi connectivity index (χ0) is 45.5. The van der Waals surface area contributed by atoms with Crippen LogP contribution in [-0.2, 0) is 28.5 Å². The van der Waals surface area contributed by atoms with Gasteiger partial charge in [0.25, 0.3) is 11.7 Å². The van der Waals surface area contributed by atoms with Crippen LogP contribution in [0.4, 0.5) is 0 Å². The van der Waals surface area contributed by atoms with Crippen molar-refractivity contribution in [2.45, 2.75) is 51.4 Å². The van der Waals surface area contributed by atoms with Crippen LogP contribution in [0.5, 0.6) is 5.75 Å². The Hall–Kier alpha value is -6.21. The average Bonchev–Trinajstić information content (AvgIpc) is 4.01. The fourth-order valence-corrected chi connectivity index (χ4v) is 7.26. The molecule has 0 aliphatic carbocycles. The van der Waals surface area contributed by atoms with E-state index >= 15 is 0 Å². The summed E-state index contributed by atoms with van der Waals surface area (Å²) < 4.78 is 28.3. The standard InChI is InChI=1S/C47H57N7O10/c1-3-22-61-24-26-63-28-29-64-27-25-62-23-17-42(57)49-18-8-7-9-34(33-55)12-13-40(56)39-16-21-54(52-39)46-44-43(41(60-2)32-51-46)38(31-50-44)45(58)47(59)53-19-14-36(15-20-53)37(30-48)35-10-5-4-6-11-35/h1,4-6,10-11,16,21,31-32,34,50,55H,7-9,12-15,17-20,22-29,33H2,2H3,(H,49,57)/t34-/m1/s1. The Morgan fingerprint density at radius 2 is 1.64 bits per heavy atom. The van der Waals surface area contributed by atoms with Crippen LogP contribution >= 0.6 is 0 Å². The molecule has 3 N–H and O–H groups in total. The number of unbranched alkanes of at least 4 members (excludes halogenated alkanes) is 1. The van der Waals surface area contributed by atoms with Crippen LogP contribution in [0.25, 0.3) is 22.3 Å².